The second-order valence-corrected chi connectivity index (χ2v) is 5.97. The van der Waals surface area contributed by atoms with Gasteiger partial charge in [-0.05, 0) is 50.0 Å². The molecular weight excluding hydrogens is 278 g/mol. The monoisotopic (exact) mass is 303 g/mol. The molecule has 0 spiro atoms. The van der Waals surface area contributed by atoms with Crippen LogP contribution in [0.25, 0.3) is 0 Å². The molecule has 1 saturated heterocycles. The molecule has 0 saturated carbocycles. The summed E-state index contributed by atoms with van der Waals surface area (Å²) in [5.41, 5.74) is 2.41. The SMILES string of the molecule is CCCC(=O)Nc1cccc(NC(=O)C(C)C2CNC2)c1C. The molecule has 0 bridgehead atoms. The van der Waals surface area contributed by atoms with Crippen molar-refractivity contribution >= 4 is 23.2 Å². The lowest BCUT2D eigenvalue weighted by molar-refractivity contribution is -0.121. The molecule has 1 aliphatic heterocycles. The van der Waals surface area contributed by atoms with E-state index in [2.05, 4.69) is 16.0 Å². The van der Waals surface area contributed by atoms with E-state index in [1.165, 1.54) is 0 Å². The number of anilines is 2. The Labute approximate surface area is 131 Å². The van der Waals surface area contributed by atoms with Gasteiger partial charge in [-0.2, -0.15) is 0 Å². The summed E-state index contributed by atoms with van der Waals surface area (Å²) in [7, 11) is 0. The Kier molecular flexibility index (Phi) is 5.55. The molecule has 1 atom stereocenters. The number of carbonyl (C=O) groups is 2. The smallest absolute Gasteiger partial charge is 0.227 e. The maximum absolute atomic E-state index is 12.3. The predicted molar refractivity (Wildman–Crippen MR) is 88.9 cm³/mol. The average Bonchev–Trinajstić information content (AvgIpc) is 2.41. The maximum atomic E-state index is 12.3. The largest absolute Gasteiger partial charge is 0.326 e. The minimum Gasteiger partial charge on any atom is -0.326 e. The first-order valence-electron chi connectivity index (χ1n) is 7.94. The summed E-state index contributed by atoms with van der Waals surface area (Å²) in [6, 6.07) is 5.58. The van der Waals surface area contributed by atoms with Gasteiger partial charge in [-0.25, -0.2) is 0 Å². The predicted octanol–water partition coefficient (Wildman–Crippen LogP) is 2.53. The maximum Gasteiger partial charge on any atom is 0.227 e. The van der Waals surface area contributed by atoms with Gasteiger partial charge in [-0.3, -0.25) is 9.59 Å². The Morgan fingerprint density at radius 2 is 1.91 bits per heavy atom. The van der Waals surface area contributed by atoms with Crippen LogP contribution in [0.15, 0.2) is 18.2 Å². The van der Waals surface area contributed by atoms with Crippen LogP contribution in [0.3, 0.4) is 0 Å². The Morgan fingerprint density at radius 1 is 1.27 bits per heavy atom. The Bertz CT molecular complexity index is 553. The van der Waals surface area contributed by atoms with Crippen LogP contribution in [0.2, 0.25) is 0 Å². The molecule has 1 aliphatic rings. The van der Waals surface area contributed by atoms with Gasteiger partial charge in [-0.1, -0.05) is 19.9 Å². The van der Waals surface area contributed by atoms with Crippen LogP contribution in [-0.2, 0) is 9.59 Å². The molecule has 0 radical (unpaired) electrons. The number of amides is 2. The molecule has 1 fully saturated rings. The Hall–Kier alpha value is -1.88. The summed E-state index contributed by atoms with van der Waals surface area (Å²) in [6.07, 6.45) is 1.32. The molecule has 120 valence electrons. The van der Waals surface area contributed by atoms with Crippen molar-refractivity contribution in [3.05, 3.63) is 23.8 Å². The van der Waals surface area contributed by atoms with Gasteiger partial charge in [0.05, 0.1) is 0 Å². The first-order valence-corrected chi connectivity index (χ1v) is 7.94. The van der Waals surface area contributed by atoms with Crippen molar-refractivity contribution in [3.63, 3.8) is 0 Å². The number of rotatable bonds is 6. The van der Waals surface area contributed by atoms with Crippen molar-refractivity contribution in [2.45, 2.75) is 33.6 Å². The number of nitrogens with one attached hydrogen (secondary N) is 3. The molecule has 0 aromatic heterocycles. The zero-order chi connectivity index (χ0) is 16.1. The summed E-state index contributed by atoms with van der Waals surface area (Å²) in [5, 5.41) is 9.07. The van der Waals surface area contributed by atoms with E-state index in [4.69, 9.17) is 0 Å². The lowest BCUT2D eigenvalue weighted by atomic mass is 9.88. The quantitative estimate of drug-likeness (QED) is 0.756. The standard InChI is InChI=1S/C17H25N3O2/c1-4-6-16(21)19-14-7-5-8-15(12(14)3)20-17(22)11(2)13-9-18-10-13/h5,7-8,11,13,18H,4,6,9-10H2,1-3H3,(H,19,21)(H,20,22). The van der Waals surface area contributed by atoms with Crippen LogP contribution in [0, 0.1) is 18.8 Å². The first-order chi connectivity index (χ1) is 10.5. The van der Waals surface area contributed by atoms with Crippen molar-refractivity contribution in [1.82, 2.24) is 5.32 Å². The van der Waals surface area contributed by atoms with Gasteiger partial charge in [0.2, 0.25) is 11.8 Å². The highest BCUT2D eigenvalue weighted by atomic mass is 16.2. The van der Waals surface area contributed by atoms with Crippen molar-refractivity contribution in [3.8, 4) is 0 Å². The minimum atomic E-state index is -0.0148. The second-order valence-electron chi connectivity index (χ2n) is 5.97. The van der Waals surface area contributed by atoms with Crippen LogP contribution in [0.1, 0.15) is 32.3 Å². The van der Waals surface area contributed by atoms with Gasteiger partial charge in [0.15, 0.2) is 0 Å². The molecule has 22 heavy (non-hydrogen) atoms. The fourth-order valence-corrected chi connectivity index (χ4v) is 2.47. The van der Waals surface area contributed by atoms with Crippen molar-refractivity contribution in [2.24, 2.45) is 11.8 Å². The summed E-state index contributed by atoms with van der Waals surface area (Å²) >= 11 is 0. The molecule has 1 aromatic carbocycles. The molecule has 1 aromatic rings. The fraction of sp³-hybridized carbons (Fsp3) is 0.529. The lowest BCUT2D eigenvalue weighted by Crippen LogP contribution is -2.48. The molecule has 5 heteroatoms. The van der Waals surface area contributed by atoms with E-state index in [-0.39, 0.29) is 17.7 Å². The van der Waals surface area contributed by atoms with Crippen LogP contribution in [0.5, 0.6) is 0 Å². The van der Waals surface area contributed by atoms with Gasteiger partial charge in [0.25, 0.3) is 0 Å². The molecule has 2 rings (SSSR count). The summed E-state index contributed by atoms with van der Waals surface area (Å²) in [4.78, 5) is 24.0. The Morgan fingerprint density at radius 3 is 2.45 bits per heavy atom. The van der Waals surface area contributed by atoms with E-state index in [1.54, 1.807) is 0 Å². The van der Waals surface area contributed by atoms with Gasteiger partial charge in [0, 0.05) is 23.7 Å². The first kappa shape index (κ1) is 16.5. The second kappa shape index (κ2) is 7.40. The van der Waals surface area contributed by atoms with Crippen LogP contribution < -0.4 is 16.0 Å². The van der Waals surface area contributed by atoms with E-state index in [9.17, 15) is 9.59 Å². The van der Waals surface area contributed by atoms with Gasteiger partial charge < -0.3 is 16.0 Å². The molecule has 1 heterocycles. The molecular formula is C17H25N3O2. The highest BCUT2D eigenvalue weighted by Crippen LogP contribution is 2.25. The van der Waals surface area contributed by atoms with Gasteiger partial charge in [-0.15, -0.1) is 0 Å². The molecule has 2 amide bonds. The minimum absolute atomic E-state index is 0.00277. The molecule has 3 N–H and O–H groups in total. The highest BCUT2D eigenvalue weighted by molar-refractivity contribution is 5.96. The van der Waals surface area contributed by atoms with Crippen molar-refractivity contribution < 1.29 is 9.59 Å². The van der Waals surface area contributed by atoms with Crippen molar-refractivity contribution in [2.75, 3.05) is 23.7 Å². The number of carbonyl (C=O) groups excluding carboxylic acids is 2. The zero-order valence-corrected chi connectivity index (χ0v) is 13.5. The van der Waals surface area contributed by atoms with E-state index >= 15 is 0 Å². The van der Waals surface area contributed by atoms with Crippen LogP contribution in [-0.4, -0.2) is 24.9 Å². The number of benzene rings is 1. The topological polar surface area (TPSA) is 70.2 Å². The average molecular weight is 303 g/mol. The van der Waals surface area contributed by atoms with Crippen LogP contribution in [0.4, 0.5) is 11.4 Å². The summed E-state index contributed by atoms with van der Waals surface area (Å²) < 4.78 is 0. The number of hydrogen-bond acceptors (Lipinski definition) is 3. The van der Waals surface area contributed by atoms with Gasteiger partial charge >= 0.3 is 0 Å². The normalized spacial score (nSPS) is 15.8. The third kappa shape index (κ3) is 3.85. The highest BCUT2D eigenvalue weighted by Gasteiger charge is 2.28. The lowest BCUT2D eigenvalue weighted by Gasteiger charge is -2.31. The fourth-order valence-electron chi connectivity index (χ4n) is 2.47. The van der Waals surface area contributed by atoms with Crippen molar-refractivity contribution in [1.29, 1.82) is 0 Å². The molecule has 1 unspecified atom stereocenters. The zero-order valence-electron chi connectivity index (χ0n) is 13.5. The third-order valence-corrected chi connectivity index (χ3v) is 4.28. The molecule has 5 nitrogen and oxygen atoms in total. The van der Waals surface area contributed by atoms with E-state index < -0.39 is 0 Å². The number of hydrogen-bond donors (Lipinski definition) is 3. The summed E-state index contributed by atoms with van der Waals surface area (Å²) in [6.45, 7) is 7.65. The third-order valence-electron chi connectivity index (χ3n) is 4.28. The van der Waals surface area contributed by atoms with Crippen LogP contribution >= 0.6 is 0 Å². The van der Waals surface area contributed by atoms with E-state index in [0.717, 1.165) is 36.4 Å². The van der Waals surface area contributed by atoms with E-state index in [0.29, 0.717) is 12.3 Å². The van der Waals surface area contributed by atoms with Gasteiger partial charge in [0.1, 0.15) is 0 Å². The Balaban J connectivity index is 2.04. The summed E-state index contributed by atoms with van der Waals surface area (Å²) in [5.74, 6) is 0.432. The van der Waals surface area contributed by atoms with E-state index in [1.807, 2.05) is 39.0 Å². The molecule has 0 aliphatic carbocycles.